The summed E-state index contributed by atoms with van der Waals surface area (Å²) < 4.78 is 50.2. The Labute approximate surface area is 144 Å². The lowest BCUT2D eigenvalue weighted by molar-refractivity contribution is -0.137. The number of aromatic amines is 1. The predicted octanol–water partition coefficient (Wildman–Crippen LogP) is 3.34. The van der Waals surface area contributed by atoms with Crippen LogP contribution in [0.2, 0.25) is 0 Å². The van der Waals surface area contributed by atoms with Gasteiger partial charge in [0.25, 0.3) is 5.56 Å². The number of pyridine rings is 1. The van der Waals surface area contributed by atoms with E-state index in [1.165, 1.54) is 6.08 Å². The molecule has 132 valence electrons. The fraction of sp³-hybridized carbons (Fsp3) is 0.533. The Morgan fingerprint density at radius 2 is 1.83 bits per heavy atom. The summed E-state index contributed by atoms with van der Waals surface area (Å²) in [7, 11) is -0.776. The van der Waals surface area contributed by atoms with E-state index in [1.807, 2.05) is 27.7 Å². The van der Waals surface area contributed by atoms with Gasteiger partial charge in [0.1, 0.15) is 0 Å². The smallest absolute Gasteiger partial charge is 0.400 e. The number of aromatic nitrogens is 1. The summed E-state index contributed by atoms with van der Waals surface area (Å²) in [6, 6.07) is 0.799. The fourth-order valence-corrected chi connectivity index (χ4v) is 2.40. The summed E-state index contributed by atoms with van der Waals surface area (Å²) in [4.78, 5) is 13.9. The van der Waals surface area contributed by atoms with Crippen LogP contribution in [0.3, 0.4) is 0 Å². The molecule has 1 saturated heterocycles. The van der Waals surface area contributed by atoms with Crippen molar-refractivity contribution in [3.63, 3.8) is 0 Å². The SMILES string of the molecule is CC1(C)OB(C(=Cc2cc(C(F)(F)F)c[nH]c2=O)CS)OC1(C)C. The van der Waals surface area contributed by atoms with Crippen LogP contribution in [-0.2, 0) is 15.5 Å². The van der Waals surface area contributed by atoms with E-state index in [0.29, 0.717) is 11.7 Å². The molecule has 1 fully saturated rings. The van der Waals surface area contributed by atoms with Gasteiger partial charge in [0, 0.05) is 17.5 Å². The van der Waals surface area contributed by atoms with Gasteiger partial charge in [-0.1, -0.05) is 6.08 Å². The van der Waals surface area contributed by atoms with Crippen molar-refractivity contribution in [1.82, 2.24) is 4.98 Å². The molecule has 0 saturated carbocycles. The Morgan fingerprint density at radius 3 is 2.29 bits per heavy atom. The second-order valence-electron chi connectivity index (χ2n) is 6.64. The first kappa shape index (κ1) is 19.1. The van der Waals surface area contributed by atoms with Gasteiger partial charge in [0.2, 0.25) is 0 Å². The first-order valence-electron chi connectivity index (χ1n) is 7.34. The molecule has 1 aliphatic rings. The molecule has 9 heteroatoms. The van der Waals surface area contributed by atoms with Crippen molar-refractivity contribution in [3.8, 4) is 0 Å². The predicted molar refractivity (Wildman–Crippen MR) is 90.0 cm³/mol. The van der Waals surface area contributed by atoms with E-state index >= 15 is 0 Å². The largest absolute Gasteiger partial charge is 0.491 e. The van der Waals surface area contributed by atoms with Crippen molar-refractivity contribution in [2.24, 2.45) is 0 Å². The van der Waals surface area contributed by atoms with Gasteiger partial charge in [-0.15, -0.1) is 0 Å². The number of H-pyrrole nitrogens is 1. The van der Waals surface area contributed by atoms with Crippen LogP contribution in [0.15, 0.2) is 22.5 Å². The Balaban J connectivity index is 2.41. The first-order valence-corrected chi connectivity index (χ1v) is 7.97. The van der Waals surface area contributed by atoms with Crippen LogP contribution in [0.4, 0.5) is 13.2 Å². The minimum Gasteiger partial charge on any atom is -0.400 e. The standard InChI is InChI=1S/C15H19BF3NO3S/c1-13(2)14(3,4)23-16(22-13)11(8-24)6-9-5-10(15(17,18)19)7-20-12(9)21/h5-7,24H,8H2,1-4H3,(H,20,21). The average molecular weight is 361 g/mol. The molecule has 1 N–H and O–H groups in total. The number of rotatable bonds is 3. The van der Waals surface area contributed by atoms with Crippen molar-refractivity contribution in [3.05, 3.63) is 39.2 Å². The Bertz CT molecular complexity index is 697. The summed E-state index contributed by atoms with van der Waals surface area (Å²) in [5, 5.41) is 0. The molecule has 2 rings (SSSR count). The summed E-state index contributed by atoms with van der Waals surface area (Å²) in [6.07, 6.45) is -2.56. The lowest BCUT2D eigenvalue weighted by atomic mass is 9.78. The highest BCUT2D eigenvalue weighted by Crippen LogP contribution is 2.39. The van der Waals surface area contributed by atoms with Crippen molar-refractivity contribution in [2.75, 3.05) is 5.75 Å². The highest BCUT2D eigenvalue weighted by Gasteiger charge is 2.52. The topological polar surface area (TPSA) is 51.3 Å². The molecule has 0 radical (unpaired) electrons. The lowest BCUT2D eigenvalue weighted by Crippen LogP contribution is -2.41. The Hall–Kier alpha value is -1.19. The van der Waals surface area contributed by atoms with Crippen LogP contribution < -0.4 is 5.56 Å². The van der Waals surface area contributed by atoms with Gasteiger partial charge >= 0.3 is 13.3 Å². The molecule has 1 aromatic heterocycles. The Morgan fingerprint density at radius 1 is 1.29 bits per heavy atom. The van der Waals surface area contributed by atoms with Crippen molar-refractivity contribution in [2.45, 2.75) is 45.1 Å². The van der Waals surface area contributed by atoms with Crippen LogP contribution in [0.25, 0.3) is 6.08 Å². The minimum absolute atomic E-state index is 0.122. The summed E-state index contributed by atoms with van der Waals surface area (Å²) in [6.45, 7) is 7.45. The number of hydrogen-bond donors (Lipinski definition) is 2. The number of hydrogen-bond acceptors (Lipinski definition) is 4. The molecule has 24 heavy (non-hydrogen) atoms. The normalized spacial score (nSPS) is 20.5. The molecule has 0 amide bonds. The maximum absolute atomic E-state index is 12.8. The summed E-state index contributed by atoms with van der Waals surface area (Å²) in [5.74, 6) is 0.173. The monoisotopic (exact) mass is 361 g/mol. The minimum atomic E-state index is -4.54. The molecule has 0 aliphatic carbocycles. The molecule has 0 atom stereocenters. The molecule has 0 unspecified atom stereocenters. The zero-order valence-corrected chi connectivity index (χ0v) is 14.7. The molecule has 0 spiro atoms. The number of alkyl halides is 3. The second-order valence-corrected chi connectivity index (χ2v) is 6.95. The first-order chi connectivity index (χ1) is 10.9. The second kappa shape index (κ2) is 6.27. The highest BCUT2D eigenvalue weighted by molar-refractivity contribution is 7.80. The van der Waals surface area contributed by atoms with Gasteiger partial charge in [0.15, 0.2) is 0 Å². The van der Waals surface area contributed by atoms with Crippen molar-refractivity contribution in [1.29, 1.82) is 0 Å². The van der Waals surface area contributed by atoms with Gasteiger partial charge in [-0.2, -0.15) is 25.8 Å². The average Bonchev–Trinajstić information content (AvgIpc) is 2.65. The van der Waals surface area contributed by atoms with E-state index in [4.69, 9.17) is 9.31 Å². The van der Waals surface area contributed by atoms with Crippen molar-refractivity contribution < 1.29 is 22.5 Å². The van der Waals surface area contributed by atoms with Gasteiger partial charge in [-0.25, -0.2) is 0 Å². The summed E-state index contributed by atoms with van der Waals surface area (Å²) in [5.41, 5.74) is -2.40. The number of thiol groups is 1. The lowest BCUT2D eigenvalue weighted by Gasteiger charge is -2.32. The molecular formula is C15H19BF3NO3S. The van der Waals surface area contributed by atoms with E-state index in [2.05, 4.69) is 17.6 Å². The van der Waals surface area contributed by atoms with Crippen LogP contribution in [0, 0.1) is 0 Å². The number of nitrogens with one attached hydrogen (secondary N) is 1. The maximum atomic E-state index is 12.8. The zero-order chi connectivity index (χ0) is 18.3. The molecule has 2 heterocycles. The maximum Gasteiger partial charge on any atom is 0.491 e. The van der Waals surface area contributed by atoms with Gasteiger partial charge < -0.3 is 14.3 Å². The van der Waals surface area contributed by atoms with Crippen molar-refractivity contribution >= 4 is 25.8 Å². The molecule has 1 aliphatic heterocycles. The van der Waals surface area contributed by atoms with Gasteiger partial charge in [-0.05, 0) is 39.2 Å². The highest BCUT2D eigenvalue weighted by atomic mass is 32.1. The third-order valence-corrected chi connectivity index (χ3v) is 4.70. The Kier molecular flexibility index (Phi) is 5.00. The van der Waals surface area contributed by atoms with Gasteiger partial charge in [0.05, 0.1) is 16.8 Å². The number of halogens is 3. The molecule has 0 bridgehead atoms. The quantitative estimate of drug-likeness (QED) is 0.642. The van der Waals surface area contributed by atoms with E-state index in [0.717, 1.165) is 6.07 Å². The molecule has 0 aromatic carbocycles. The molecular weight excluding hydrogens is 342 g/mol. The van der Waals surface area contributed by atoms with Crippen LogP contribution in [0.5, 0.6) is 0 Å². The van der Waals surface area contributed by atoms with Crippen LogP contribution in [0.1, 0.15) is 38.8 Å². The van der Waals surface area contributed by atoms with E-state index in [-0.39, 0.29) is 11.3 Å². The van der Waals surface area contributed by atoms with Crippen LogP contribution in [-0.4, -0.2) is 29.1 Å². The van der Waals surface area contributed by atoms with Gasteiger partial charge in [-0.3, -0.25) is 4.79 Å². The summed E-state index contributed by atoms with van der Waals surface area (Å²) >= 11 is 4.19. The van der Waals surface area contributed by atoms with E-state index in [1.54, 1.807) is 0 Å². The molecule has 4 nitrogen and oxygen atoms in total. The van der Waals surface area contributed by atoms with E-state index in [9.17, 15) is 18.0 Å². The molecule has 1 aromatic rings. The third-order valence-electron chi connectivity index (χ3n) is 4.34. The van der Waals surface area contributed by atoms with Crippen LogP contribution >= 0.6 is 12.6 Å². The zero-order valence-electron chi connectivity index (χ0n) is 13.8. The fourth-order valence-electron chi connectivity index (χ4n) is 2.15. The third kappa shape index (κ3) is 3.73. The van der Waals surface area contributed by atoms with E-state index < -0.39 is 35.6 Å².